The van der Waals surface area contributed by atoms with E-state index in [4.69, 9.17) is 4.52 Å². The van der Waals surface area contributed by atoms with Crippen LogP contribution in [-0.4, -0.2) is 16.0 Å². The summed E-state index contributed by atoms with van der Waals surface area (Å²) in [6.07, 6.45) is 0. The molecule has 2 aromatic rings. The van der Waals surface area contributed by atoms with Gasteiger partial charge in [0.25, 0.3) is 0 Å². The van der Waals surface area contributed by atoms with Crippen LogP contribution in [0.15, 0.2) is 28.8 Å². The summed E-state index contributed by atoms with van der Waals surface area (Å²) in [4.78, 5) is 15.2. The lowest BCUT2D eigenvalue weighted by atomic mass is 10.1. The second-order valence-corrected chi connectivity index (χ2v) is 4.25. The van der Waals surface area contributed by atoms with Gasteiger partial charge in [-0.15, -0.1) is 0 Å². The zero-order chi connectivity index (χ0) is 13.1. The Morgan fingerprint density at radius 1 is 1.44 bits per heavy atom. The van der Waals surface area contributed by atoms with E-state index in [1.807, 2.05) is 31.2 Å². The summed E-state index contributed by atoms with van der Waals surface area (Å²) in [7, 11) is 0. The normalized spacial score (nSPS) is 12.2. The number of aryl methyl sites for hydroxylation is 1. The molecule has 2 rings (SSSR count). The summed E-state index contributed by atoms with van der Waals surface area (Å²) in [5, 5.41) is 6.62. The molecule has 5 heteroatoms. The smallest absolute Gasteiger partial charge is 0.249 e. The Hall–Kier alpha value is -2.17. The van der Waals surface area contributed by atoms with Crippen LogP contribution in [0.5, 0.6) is 0 Å². The van der Waals surface area contributed by atoms with E-state index in [0.29, 0.717) is 11.7 Å². The average molecular weight is 245 g/mol. The highest BCUT2D eigenvalue weighted by Gasteiger charge is 2.15. The maximum atomic E-state index is 10.9. The van der Waals surface area contributed by atoms with Crippen molar-refractivity contribution in [1.29, 1.82) is 0 Å². The van der Waals surface area contributed by atoms with Crippen molar-refractivity contribution in [3.8, 4) is 11.4 Å². The van der Waals surface area contributed by atoms with Crippen LogP contribution < -0.4 is 5.32 Å². The van der Waals surface area contributed by atoms with Gasteiger partial charge < -0.3 is 9.84 Å². The van der Waals surface area contributed by atoms with Crippen LogP contribution in [0, 0.1) is 6.92 Å². The first-order chi connectivity index (χ1) is 8.56. The molecule has 0 saturated carbocycles. The number of aromatic nitrogens is 2. The summed E-state index contributed by atoms with van der Waals surface area (Å²) in [5.74, 6) is 0.811. The number of carbonyl (C=O) groups excluding carboxylic acids is 1. The minimum Gasteiger partial charge on any atom is -0.345 e. The number of rotatable bonds is 3. The fourth-order valence-electron chi connectivity index (χ4n) is 1.68. The molecule has 0 aliphatic rings. The standard InChI is InChI=1S/C13H15N3O2/c1-8-5-4-6-11(7-8)12-15-13(18-16-12)9(2)14-10(3)17/h4-7,9H,1-3H3,(H,14,17). The zero-order valence-electron chi connectivity index (χ0n) is 10.6. The van der Waals surface area contributed by atoms with Crippen molar-refractivity contribution >= 4 is 5.91 Å². The molecule has 0 aliphatic heterocycles. The molecule has 1 heterocycles. The third kappa shape index (κ3) is 2.74. The minimum absolute atomic E-state index is 0.127. The fraction of sp³-hybridized carbons (Fsp3) is 0.308. The van der Waals surface area contributed by atoms with E-state index in [0.717, 1.165) is 11.1 Å². The molecule has 94 valence electrons. The first-order valence-corrected chi connectivity index (χ1v) is 5.74. The van der Waals surface area contributed by atoms with Crippen LogP contribution in [0.4, 0.5) is 0 Å². The molecule has 0 fully saturated rings. The lowest BCUT2D eigenvalue weighted by molar-refractivity contribution is -0.119. The van der Waals surface area contributed by atoms with Crippen molar-refractivity contribution in [2.75, 3.05) is 0 Å². The zero-order valence-corrected chi connectivity index (χ0v) is 10.6. The number of nitrogens with zero attached hydrogens (tertiary/aromatic N) is 2. The monoisotopic (exact) mass is 245 g/mol. The summed E-state index contributed by atoms with van der Waals surface area (Å²) in [6, 6.07) is 7.57. The second kappa shape index (κ2) is 5.00. The van der Waals surface area contributed by atoms with Gasteiger partial charge in [-0.2, -0.15) is 4.98 Å². The Balaban J connectivity index is 2.22. The molecule has 0 aliphatic carbocycles. The largest absolute Gasteiger partial charge is 0.345 e. The van der Waals surface area contributed by atoms with Crippen molar-refractivity contribution in [3.05, 3.63) is 35.7 Å². The molecule has 1 atom stereocenters. The first kappa shape index (κ1) is 12.3. The van der Waals surface area contributed by atoms with Gasteiger partial charge in [0.1, 0.15) is 6.04 Å². The number of carbonyl (C=O) groups is 1. The van der Waals surface area contributed by atoms with Crippen molar-refractivity contribution in [2.24, 2.45) is 0 Å². The van der Waals surface area contributed by atoms with Gasteiger partial charge in [0.05, 0.1) is 0 Å². The van der Waals surface area contributed by atoms with Gasteiger partial charge >= 0.3 is 0 Å². The molecule has 1 amide bonds. The van der Waals surface area contributed by atoms with E-state index >= 15 is 0 Å². The van der Waals surface area contributed by atoms with Gasteiger partial charge in [0.2, 0.25) is 17.6 Å². The Bertz CT molecular complexity index is 563. The summed E-state index contributed by atoms with van der Waals surface area (Å²) in [6.45, 7) is 5.26. The number of benzene rings is 1. The third-order valence-corrected chi connectivity index (χ3v) is 2.51. The summed E-state index contributed by atoms with van der Waals surface area (Å²) < 4.78 is 5.15. The van der Waals surface area contributed by atoms with Crippen LogP contribution in [0.2, 0.25) is 0 Å². The van der Waals surface area contributed by atoms with Crippen LogP contribution in [0.3, 0.4) is 0 Å². The van der Waals surface area contributed by atoms with Crippen LogP contribution in [-0.2, 0) is 4.79 Å². The van der Waals surface area contributed by atoms with Crippen molar-refractivity contribution in [1.82, 2.24) is 15.5 Å². The van der Waals surface area contributed by atoms with Crippen molar-refractivity contribution in [2.45, 2.75) is 26.8 Å². The number of nitrogens with one attached hydrogen (secondary N) is 1. The highest BCUT2D eigenvalue weighted by molar-refractivity contribution is 5.73. The summed E-state index contributed by atoms with van der Waals surface area (Å²) >= 11 is 0. The van der Waals surface area contributed by atoms with Gasteiger partial charge in [-0.1, -0.05) is 28.9 Å². The predicted molar refractivity (Wildman–Crippen MR) is 66.7 cm³/mol. The number of hydrogen-bond donors (Lipinski definition) is 1. The average Bonchev–Trinajstić information content (AvgIpc) is 2.77. The minimum atomic E-state index is -0.284. The second-order valence-electron chi connectivity index (χ2n) is 4.25. The van der Waals surface area contributed by atoms with Crippen LogP contribution in [0.1, 0.15) is 31.3 Å². The molecule has 0 bridgehead atoms. The van der Waals surface area contributed by atoms with Crippen LogP contribution in [0.25, 0.3) is 11.4 Å². The van der Waals surface area contributed by atoms with E-state index in [1.165, 1.54) is 6.92 Å². The quantitative estimate of drug-likeness (QED) is 0.900. The maximum absolute atomic E-state index is 10.9. The van der Waals surface area contributed by atoms with Gasteiger partial charge in [-0.05, 0) is 19.9 Å². The van der Waals surface area contributed by atoms with E-state index in [1.54, 1.807) is 6.92 Å². The first-order valence-electron chi connectivity index (χ1n) is 5.74. The molecule has 18 heavy (non-hydrogen) atoms. The third-order valence-electron chi connectivity index (χ3n) is 2.51. The SMILES string of the molecule is CC(=O)NC(C)c1nc(-c2cccc(C)c2)no1. The molecular weight excluding hydrogens is 230 g/mol. The highest BCUT2D eigenvalue weighted by atomic mass is 16.5. The molecule has 1 aromatic heterocycles. The Morgan fingerprint density at radius 2 is 2.22 bits per heavy atom. The van der Waals surface area contributed by atoms with E-state index < -0.39 is 0 Å². The topological polar surface area (TPSA) is 68.0 Å². The van der Waals surface area contributed by atoms with E-state index in [9.17, 15) is 4.79 Å². The molecule has 5 nitrogen and oxygen atoms in total. The highest BCUT2D eigenvalue weighted by Crippen LogP contribution is 2.19. The van der Waals surface area contributed by atoms with Crippen molar-refractivity contribution in [3.63, 3.8) is 0 Å². The predicted octanol–water partition coefficient (Wildman–Crippen LogP) is 2.24. The molecule has 0 radical (unpaired) electrons. The van der Waals surface area contributed by atoms with E-state index in [-0.39, 0.29) is 11.9 Å². The lowest BCUT2D eigenvalue weighted by Gasteiger charge is -2.05. The fourth-order valence-corrected chi connectivity index (χ4v) is 1.68. The number of hydrogen-bond acceptors (Lipinski definition) is 4. The Labute approximate surface area is 105 Å². The number of amides is 1. The molecule has 0 saturated heterocycles. The molecule has 1 aromatic carbocycles. The molecule has 1 N–H and O–H groups in total. The Kier molecular flexibility index (Phi) is 3.41. The van der Waals surface area contributed by atoms with Crippen LogP contribution >= 0.6 is 0 Å². The summed E-state index contributed by atoms with van der Waals surface area (Å²) in [5.41, 5.74) is 2.04. The maximum Gasteiger partial charge on any atom is 0.249 e. The molecule has 0 spiro atoms. The van der Waals surface area contributed by atoms with Gasteiger partial charge in [-0.25, -0.2) is 0 Å². The molecular formula is C13H15N3O2. The van der Waals surface area contributed by atoms with Gasteiger partial charge in [0, 0.05) is 12.5 Å². The lowest BCUT2D eigenvalue weighted by Crippen LogP contribution is -2.23. The van der Waals surface area contributed by atoms with Crippen molar-refractivity contribution < 1.29 is 9.32 Å². The van der Waals surface area contributed by atoms with E-state index in [2.05, 4.69) is 15.5 Å². The molecule has 1 unspecified atom stereocenters. The van der Waals surface area contributed by atoms with Gasteiger partial charge in [-0.3, -0.25) is 4.79 Å². The van der Waals surface area contributed by atoms with Gasteiger partial charge in [0.15, 0.2) is 0 Å². The Morgan fingerprint density at radius 3 is 2.89 bits per heavy atom.